The SMILES string of the molecule is CCCC(=O)N(Cc1ccc(Cl)cc1)C1CC1. The zero-order valence-electron chi connectivity index (χ0n) is 10.2. The van der Waals surface area contributed by atoms with Crippen molar-refractivity contribution in [3.05, 3.63) is 34.9 Å². The minimum absolute atomic E-state index is 0.282. The van der Waals surface area contributed by atoms with Gasteiger partial charge in [-0.25, -0.2) is 0 Å². The van der Waals surface area contributed by atoms with Gasteiger partial charge >= 0.3 is 0 Å². The smallest absolute Gasteiger partial charge is 0.223 e. The highest BCUT2D eigenvalue weighted by atomic mass is 35.5. The summed E-state index contributed by atoms with van der Waals surface area (Å²) in [4.78, 5) is 14.0. The van der Waals surface area contributed by atoms with E-state index in [2.05, 4.69) is 0 Å². The van der Waals surface area contributed by atoms with E-state index in [4.69, 9.17) is 11.6 Å². The molecule has 0 heterocycles. The Morgan fingerprint density at radius 2 is 2.00 bits per heavy atom. The Labute approximate surface area is 108 Å². The number of rotatable bonds is 5. The first kappa shape index (κ1) is 12.4. The minimum Gasteiger partial charge on any atom is -0.335 e. The summed E-state index contributed by atoms with van der Waals surface area (Å²) in [5.41, 5.74) is 1.16. The van der Waals surface area contributed by atoms with Crippen LogP contribution < -0.4 is 0 Å². The van der Waals surface area contributed by atoms with Gasteiger partial charge in [-0.15, -0.1) is 0 Å². The average Bonchev–Trinajstić information content (AvgIpc) is 3.12. The molecule has 2 rings (SSSR count). The second-order valence-corrected chi connectivity index (χ2v) is 5.07. The second kappa shape index (κ2) is 5.54. The molecule has 1 fully saturated rings. The Morgan fingerprint density at radius 3 is 2.53 bits per heavy atom. The Balaban J connectivity index is 2.02. The fraction of sp³-hybridized carbons (Fsp3) is 0.500. The molecular weight excluding hydrogens is 234 g/mol. The summed E-state index contributed by atoms with van der Waals surface area (Å²) < 4.78 is 0. The molecule has 0 atom stereocenters. The monoisotopic (exact) mass is 251 g/mol. The van der Waals surface area contributed by atoms with Crippen molar-refractivity contribution in [2.75, 3.05) is 0 Å². The summed E-state index contributed by atoms with van der Waals surface area (Å²) in [7, 11) is 0. The molecule has 1 aliphatic carbocycles. The maximum absolute atomic E-state index is 12.0. The van der Waals surface area contributed by atoms with Crippen LogP contribution in [0.5, 0.6) is 0 Å². The minimum atomic E-state index is 0.282. The van der Waals surface area contributed by atoms with E-state index in [0.717, 1.165) is 36.4 Å². The van der Waals surface area contributed by atoms with Crippen LogP contribution in [-0.2, 0) is 11.3 Å². The lowest BCUT2D eigenvalue weighted by Gasteiger charge is -2.22. The third-order valence-electron chi connectivity index (χ3n) is 3.04. The van der Waals surface area contributed by atoms with Gasteiger partial charge in [-0.1, -0.05) is 30.7 Å². The molecule has 1 aromatic carbocycles. The van der Waals surface area contributed by atoms with Gasteiger partial charge in [-0.3, -0.25) is 4.79 Å². The number of hydrogen-bond donors (Lipinski definition) is 0. The van der Waals surface area contributed by atoms with Crippen LogP contribution in [-0.4, -0.2) is 16.8 Å². The molecule has 0 spiro atoms. The van der Waals surface area contributed by atoms with Crippen molar-refractivity contribution in [2.24, 2.45) is 0 Å². The lowest BCUT2D eigenvalue weighted by molar-refractivity contribution is -0.132. The fourth-order valence-corrected chi connectivity index (χ4v) is 2.08. The van der Waals surface area contributed by atoms with Crippen LogP contribution in [0, 0.1) is 0 Å². The summed E-state index contributed by atoms with van der Waals surface area (Å²) in [6.07, 6.45) is 3.89. The Morgan fingerprint density at radius 1 is 1.35 bits per heavy atom. The van der Waals surface area contributed by atoms with Gasteiger partial charge in [0.15, 0.2) is 0 Å². The van der Waals surface area contributed by atoms with Gasteiger partial charge in [0.2, 0.25) is 5.91 Å². The first-order valence-electron chi connectivity index (χ1n) is 6.24. The number of carbonyl (C=O) groups is 1. The number of halogens is 1. The number of hydrogen-bond acceptors (Lipinski definition) is 1. The van der Waals surface area contributed by atoms with E-state index in [-0.39, 0.29) is 5.91 Å². The number of carbonyl (C=O) groups excluding carboxylic acids is 1. The molecule has 0 aromatic heterocycles. The normalized spacial score (nSPS) is 14.7. The van der Waals surface area contributed by atoms with E-state index >= 15 is 0 Å². The van der Waals surface area contributed by atoms with Gasteiger partial charge in [0.1, 0.15) is 0 Å². The molecule has 1 aliphatic rings. The van der Waals surface area contributed by atoms with Crippen LogP contribution in [0.4, 0.5) is 0 Å². The molecule has 1 amide bonds. The van der Waals surface area contributed by atoms with E-state index in [9.17, 15) is 4.79 Å². The van der Waals surface area contributed by atoms with E-state index in [1.54, 1.807) is 0 Å². The van der Waals surface area contributed by atoms with Gasteiger partial charge in [0, 0.05) is 24.0 Å². The summed E-state index contributed by atoms with van der Waals surface area (Å²) in [5, 5.41) is 0.742. The van der Waals surface area contributed by atoms with E-state index in [0.29, 0.717) is 12.5 Å². The lowest BCUT2D eigenvalue weighted by atomic mass is 10.2. The molecule has 0 bridgehead atoms. The molecule has 2 nitrogen and oxygen atoms in total. The van der Waals surface area contributed by atoms with Crippen molar-refractivity contribution in [1.82, 2.24) is 4.90 Å². The van der Waals surface area contributed by atoms with Crippen molar-refractivity contribution in [3.63, 3.8) is 0 Å². The van der Waals surface area contributed by atoms with Gasteiger partial charge in [0.25, 0.3) is 0 Å². The predicted molar refractivity (Wildman–Crippen MR) is 69.9 cm³/mol. The third kappa shape index (κ3) is 3.47. The van der Waals surface area contributed by atoms with Crippen LogP contribution >= 0.6 is 11.6 Å². The quantitative estimate of drug-likeness (QED) is 0.783. The van der Waals surface area contributed by atoms with Crippen molar-refractivity contribution in [1.29, 1.82) is 0 Å². The largest absolute Gasteiger partial charge is 0.335 e. The zero-order chi connectivity index (χ0) is 12.3. The summed E-state index contributed by atoms with van der Waals surface area (Å²) >= 11 is 5.85. The second-order valence-electron chi connectivity index (χ2n) is 4.63. The molecule has 3 heteroatoms. The molecule has 0 saturated heterocycles. The molecule has 92 valence electrons. The van der Waals surface area contributed by atoms with Gasteiger partial charge in [0.05, 0.1) is 0 Å². The Hall–Kier alpha value is -1.02. The number of nitrogens with zero attached hydrogens (tertiary/aromatic N) is 1. The first-order valence-corrected chi connectivity index (χ1v) is 6.62. The molecular formula is C14H18ClNO. The van der Waals surface area contributed by atoms with Crippen LogP contribution in [0.15, 0.2) is 24.3 Å². The highest BCUT2D eigenvalue weighted by molar-refractivity contribution is 6.30. The Bertz CT molecular complexity index is 384. The topological polar surface area (TPSA) is 20.3 Å². The average molecular weight is 252 g/mol. The first-order chi connectivity index (χ1) is 8.20. The van der Waals surface area contributed by atoms with Crippen LogP contribution in [0.3, 0.4) is 0 Å². The fourth-order valence-electron chi connectivity index (χ4n) is 1.95. The van der Waals surface area contributed by atoms with Crippen LogP contribution in [0.2, 0.25) is 5.02 Å². The molecule has 0 unspecified atom stereocenters. The lowest BCUT2D eigenvalue weighted by Crippen LogP contribution is -2.32. The number of benzene rings is 1. The van der Waals surface area contributed by atoms with Crippen molar-refractivity contribution in [2.45, 2.75) is 45.2 Å². The van der Waals surface area contributed by atoms with Gasteiger partial charge in [-0.05, 0) is 37.0 Å². The highest BCUT2D eigenvalue weighted by Gasteiger charge is 2.31. The standard InChI is InChI=1S/C14H18ClNO/c1-2-3-14(17)16(13-8-9-13)10-11-4-6-12(15)7-5-11/h4-7,13H,2-3,8-10H2,1H3. The molecule has 0 radical (unpaired) electrons. The predicted octanol–water partition coefficient (Wildman–Crippen LogP) is 3.63. The van der Waals surface area contributed by atoms with Crippen LogP contribution in [0.1, 0.15) is 38.2 Å². The molecule has 17 heavy (non-hydrogen) atoms. The molecule has 0 N–H and O–H groups in total. The number of amides is 1. The summed E-state index contributed by atoms with van der Waals surface area (Å²) in [6.45, 7) is 2.77. The van der Waals surface area contributed by atoms with E-state index in [1.165, 1.54) is 0 Å². The molecule has 1 aromatic rings. The molecule has 0 aliphatic heterocycles. The van der Waals surface area contributed by atoms with Crippen molar-refractivity contribution >= 4 is 17.5 Å². The van der Waals surface area contributed by atoms with Gasteiger partial charge < -0.3 is 4.90 Å². The highest BCUT2D eigenvalue weighted by Crippen LogP contribution is 2.29. The van der Waals surface area contributed by atoms with Crippen LogP contribution in [0.25, 0.3) is 0 Å². The van der Waals surface area contributed by atoms with Crippen molar-refractivity contribution < 1.29 is 4.79 Å². The van der Waals surface area contributed by atoms with Crippen molar-refractivity contribution in [3.8, 4) is 0 Å². The summed E-state index contributed by atoms with van der Waals surface area (Å²) in [6, 6.07) is 8.23. The molecule has 1 saturated carbocycles. The van der Waals surface area contributed by atoms with E-state index in [1.807, 2.05) is 36.1 Å². The van der Waals surface area contributed by atoms with Gasteiger partial charge in [-0.2, -0.15) is 0 Å². The maximum Gasteiger partial charge on any atom is 0.223 e. The van der Waals surface area contributed by atoms with E-state index < -0.39 is 0 Å². The maximum atomic E-state index is 12.0. The third-order valence-corrected chi connectivity index (χ3v) is 3.29. The zero-order valence-corrected chi connectivity index (χ0v) is 10.9. The Kier molecular flexibility index (Phi) is 4.06. The summed E-state index contributed by atoms with van der Waals surface area (Å²) in [5.74, 6) is 0.282.